The fourth-order valence-electron chi connectivity index (χ4n) is 2.60. The Kier molecular flexibility index (Phi) is 5.10. The van der Waals surface area contributed by atoms with Gasteiger partial charge in [-0.25, -0.2) is 0 Å². The predicted octanol–water partition coefficient (Wildman–Crippen LogP) is 3.97. The summed E-state index contributed by atoms with van der Waals surface area (Å²) in [6.45, 7) is 9.07. The van der Waals surface area contributed by atoms with Gasteiger partial charge in [0.2, 0.25) is 5.95 Å². The van der Waals surface area contributed by atoms with Gasteiger partial charge >= 0.3 is 0 Å². The second kappa shape index (κ2) is 7.25. The van der Waals surface area contributed by atoms with Gasteiger partial charge in [-0.2, -0.15) is 0 Å². The summed E-state index contributed by atoms with van der Waals surface area (Å²) in [6, 6.07) is 8.19. The minimum absolute atomic E-state index is 0.689. The van der Waals surface area contributed by atoms with Crippen LogP contribution in [0.15, 0.2) is 29.4 Å². The molecular weight excluding hydrogens is 308 g/mol. The predicted molar refractivity (Wildman–Crippen MR) is 94.8 cm³/mol. The summed E-state index contributed by atoms with van der Waals surface area (Å²) in [7, 11) is 0. The summed E-state index contributed by atoms with van der Waals surface area (Å²) in [5.74, 6) is 3.67. The van der Waals surface area contributed by atoms with Crippen LogP contribution in [0.4, 0.5) is 11.6 Å². The Labute approximate surface area is 142 Å². The second-order valence-corrected chi connectivity index (χ2v) is 7.11. The topological polar surface area (TPSA) is 43.2 Å². The van der Waals surface area contributed by atoms with Gasteiger partial charge in [0.15, 0.2) is 5.16 Å². The average Bonchev–Trinajstić information content (AvgIpc) is 3.11. The summed E-state index contributed by atoms with van der Waals surface area (Å²) in [4.78, 5) is 2.22. The van der Waals surface area contributed by atoms with E-state index in [-0.39, 0.29) is 0 Å². The van der Waals surface area contributed by atoms with Gasteiger partial charge in [0, 0.05) is 24.5 Å². The molecule has 2 heterocycles. The molecule has 0 N–H and O–H groups in total. The number of ether oxygens (including phenoxy) is 1. The number of thioether (sulfide) groups is 1. The molecule has 0 saturated heterocycles. The molecule has 0 amide bonds. The molecule has 0 atom stereocenters. The van der Waals surface area contributed by atoms with Crippen molar-refractivity contribution >= 4 is 23.4 Å². The van der Waals surface area contributed by atoms with Gasteiger partial charge in [-0.05, 0) is 43.5 Å². The van der Waals surface area contributed by atoms with Crippen LogP contribution >= 0.6 is 11.8 Å². The molecule has 5 nitrogen and oxygen atoms in total. The van der Waals surface area contributed by atoms with Crippen molar-refractivity contribution in [2.24, 2.45) is 5.92 Å². The van der Waals surface area contributed by atoms with E-state index in [2.05, 4.69) is 45.6 Å². The third kappa shape index (κ3) is 3.63. The molecule has 1 aliphatic rings. The molecule has 124 valence electrons. The van der Waals surface area contributed by atoms with E-state index in [4.69, 9.17) is 4.74 Å². The molecule has 1 aromatic heterocycles. The number of benzene rings is 1. The van der Waals surface area contributed by atoms with Gasteiger partial charge in [0.1, 0.15) is 5.75 Å². The van der Waals surface area contributed by atoms with Crippen LogP contribution in [0, 0.1) is 5.92 Å². The molecule has 0 spiro atoms. The van der Waals surface area contributed by atoms with E-state index in [0.717, 1.165) is 47.3 Å². The van der Waals surface area contributed by atoms with Crippen molar-refractivity contribution in [3.63, 3.8) is 0 Å². The summed E-state index contributed by atoms with van der Waals surface area (Å²) >= 11 is 1.81. The fourth-order valence-corrected chi connectivity index (χ4v) is 3.80. The van der Waals surface area contributed by atoms with E-state index in [1.807, 2.05) is 30.8 Å². The van der Waals surface area contributed by atoms with Crippen LogP contribution in [0.1, 0.15) is 27.2 Å². The standard InChI is InChI=1S/C17H24N4OS/c1-4-22-15-7-5-14(6-8-15)20-10-11-21-16(20)18-19-17(21)23-12-9-13(2)3/h5-8,13H,4,9-12H2,1-3H3. The molecule has 0 bridgehead atoms. The third-order valence-corrected chi connectivity index (χ3v) is 4.87. The SMILES string of the molecule is CCOc1ccc(N2CCn3c(SCCC(C)C)nnc32)cc1. The van der Waals surface area contributed by atoms with Crippen LogP contribution in [0.25, 0.3) is 0 Å². The van der Waals surface area contributed by atoms with Crippen LogP contribution in [-0.2, 0) is 6.54 Å². The number of hydrogen-bond donors (Lipinski definition) is 0. The van der Waals surface area contributed by atoms with Gasteiger partial charge in [0.05, 0.1) is 6.61 Å². The Morgan fingerprint density at radius 1 is 1.17 bits per heavy atom. The molecule has 0 radical (unpaired) electrons. The minimum atomic E-state index is 0.689. The maximum absolute atomic E-state index is 5.51. The lowest BCUT2D eigenvalue weighted by Gasteiger charge is -2.15. The number of fused-ring (bicyclic) bond motifs is 1. The molecule has 23 heavy (non-hydrogen) atoms. The van der Waals surface area contributed by atoms with Gasteiger partial charge in [0.25, 0.3) is 0 Å². The highest BCUT2D eigenvalue weighted by Gasteiger charge is 2.25. The molecular formula is C17H24N4OS. The quantitative estimate of drug-likeness (QED) is 0.718. The lowest BCUT2D eigenvalue weighted by molar-refractivity contribution is 0.340. The number of aromatic nitrogens is 3. The first-order chi connectivity index (χ1) is 11.2. The first kappa shape index (κ1) is 16.2. The maximum atomic E-state index is 5.51. The Hall–Kier alpha value is -1.69. The first-order valence-electron chi connectivity index (χ1n) is 8.25. The van der Waals surface area contributed by atoms with Gasteiger partial charge in [-0.3, -0.25) is 4.57 Å². The third-order valence-electron chi connectivity index (χ3n) is 3.87. The first-order valence-corrected chi connectivity index (χ1v) is 9.24. The molecule has 1 aromatic carbocycles. The molecule has 2 aromatic rings. The van der Waals surface area contributed by atoms with Crippen LogP contribution in [0.2, 0.25) is 0 Å². The highest BCUT2D eigenvalue weighted by atomic mass is 32.2. The monoisotopic (exact) mass is 332 g/mol. The highest BCUT2D eigenvalue weighted by molar-refractivity contribution is 7.99. The number of anilines is 2. The highest BCUT2D eigenvalue weighted by Crippen LogP contribution is 2.33. The Morgan fingerprint density at radius 3 is 2.65 bits per heavy atom. The van der Waals surface area contributed by atoms with Crippen molar-refractivity contribution in [2.45, 2.75) is 38.9 Å². The largest absolute Gasteiger partial charge is 0.494 e. The molecule has 3 rings (SSSR count). The zero-order chi connectivity index (χ0) is 16.2. The molecule has 0 aliphatic carbocycles. The Balaban J connectivity index is 1.70. The zero-order valence-electron chi connectivity index (χ0n) is 14.0. The van der Waals surface area contributed by atoms with Crippen molar-refractivity contribution in [1.82, 2.24) is 14.8 Å². The van der Waals surface area contributed by atoms with Gasteiger partial charge in [-0.15, -0.1) is 10.2 Å². The van der Waals surface area contributed by atoms with E-state index < -0.39 is 0 Å². The molecule has 0 fully saturated rings. The lowest BCUT2D eigenvalue weighted by atomic mass is 10.2. The smallest absolute Gasteiger partial charge is 0.232 e. The molecule has 0 saturated carbocycles. The van der Waals surface area contributed by atoms with E-state index in [1.54, 1.807) is 0 Å². The summed E-state index contributed by atoms with van der Waals surface area (Å²) < 4.78 is 7.73. The maximum Gasteiger partial charge on any atom is 0.232 e. The second-order valence-electron chi connectivity index (χ2n) is 6.04. The normalized spacial score (nSPS) is 13.7. The number of rotatable bonds is 7. The van der Waals surface area contributed by atoms with Gasteiger partial charge in [-0.1, -0.05) is 25.6 Å². The van der Waals surface area contributed by atoms with E-state index in [1.165, 1.54) is 6.42 Å². The number of hydrogen-bond acceptors (Lipinski definition) is 5. The van der Waals surface area contributed by atoms with E-state index in [0.29, 0.717) is 6.61 Å². The van der Waals surface area contributed by atoms with E-state index >= 15 is 0 Å². The minimum Gasteiger partial charge on any atom is -0.494 e. The van der Waals surface area contributed by atoms with Crippen LogP contribution < -0.4 is 9.64 Å². The fraction of sp³-hybridized carbons (Fsp3) is 0.529. The van der Waals surface area contributed by atoms with Crippen molar-refractivity contribution in [3.8, 4) is 5.75 Å². The summed E-state index contributed by atoms with van der Waals surface area (Å²) in [5.41, 5.74) is 1.14. The van der Waals surface area contributed by atoms with Crippen LogP contribution in [0.3, 0.4) is 0 Å². The Bertz CT molecular complexity index is 639. The molecule has 1 aliphatic heterocycles. The van der Waals surface area contributed by atoms with E-state index in [9.17, 15) is 0 Å². The average molecular weight is 332 g/mol. The van der Waals surface area contributed by atoms with Gasteiger partial charge < -0.3 is 9.64 Å². The van der Waals surface area contributed by atoms with Crippen LogP contribution in [0.5, 0.6) is 5.75 Å². The zero-order valence-corrected chi connectivity index (χ0v) is 14.8. The summed E-state index contributed by atoms with van der Waals surface area (Å²) in [6.07, 6.45) is 1.20. The number of nitrogens with zero attached hydrogens (tertiary/aromatic N) is 4. The Morgan fingerprint density at radius 2 is 1.96 bits per heavy atom. The summed E-state index contributed by atoms with van der Waals surface area (Å²) in [5, 5.41) is 9.80. The molecule has 6 heteroatoms. The van der Waals surface area contributed by atoms with Crippen molar-refractivity contribution in [3.05, 3.63) is 24.3 Å². The molecule has 0 unspecified atom stereocenters. The lowest BCUT2D eigenvalue weighted by Crippen LogP contribution is -2.14. The van der Waals surface area contributed by atoms with Crippen LogP contribution in [-0.4, -0.2) is 33.7 Å². The van der Waals surface area contributed by atoms with Crippen molar-refractivity contribution in [2.75, 3.05) is 23.8 Å². The van der Waals surface area contributed by atoms with Crippen molar-refractivity contribution in [1.29, 1.82) is 0 Å². The van der Waals surface area contributed by atoms with Crippen molar-refractivity contribution < 1.29 is 4.74 Å².